The lowest BCUT2D eigenvalue weighted by molar-refractivity contribution is 0.0462. The molecule has 0 atom stereocenters. The molecule has 1 aliphatic heterocycles. The molecule has 0 radical (unpaired) electrons. The highest BCUT2D eigenvalue weighted by Gasteiger charge is 2.28. The molecule has 10 nitrogen and oxygen atoms in total. The van der Waals surface area contributed by atoms with E-state index in [1.165, 1.54) is 10.4 Å². The number of benzene rings is 2. The Labute approximate surface area is 204 Å². The molecule has 1 fully saturated rings. The van der Waals surface area contributed by atoms with E-state index >= 15 is 0 Å². The minimum Gasteiger partial charge on any atom is -0.454 e. The minimum absolute atomic E-state index is 0.0209. The van der Waals surface area contributed by atoms with Gasteiger partial charge in [0.15, 0.2) is 12.4 Å². The van der Waals surface area contributed by atoms with E-state index in [1.807, 2.05) is 31.2 Å². The van der Waals surface area contributed by atoms with Crippen LogP contribution in [0, 0.1) is 13.8 Å². The van der Waals surface area contributed by atoms with E-state index in [4.69, 9.17) is 10.5 Å². The molecule has 11 heteroatoms. The number of nitrogens with one attached hydrogen (secondary N) is 1. The lowest BCUT2D eigenvalue weighted by atomic mass is 10.1. The second-order valence-corrected chi connectivity index (χ2v) is 10.3. The third-order valence-electron chi connectivity index (χ3n) is 5.78. The fraction of sp³-hybridized carbons (Fsp3) is 0.333. The molecule has 1 aliphatic rings. The second-order valence-electron chi connectivity index (χ2n) is 8.39. The first kappa shape index (κ1) is 24.6. The Morgan fingerprint density at radius 2 is 1.77 bits per heavy atom. The molecule has 3 aromatic rings. The van der Waals surface area contributed by atoms with Crippen LogP contribution in [0.2, 0.25) is 0 Å². The van der Waals surface area contributed by atoms with E-state index in [-0.39, 0.29) is 34.8 Å². The zero-order valence-electron chi connectivity index (χ0n) is 19.7. The first-order valence-electron chi connectivity index (χ1n) is 11.3. The van der Waals surface area contributed by atoms with Gasteiger partial charge in [-0.25, -0.2) is 13.2 Å². The molecule has 0 amide bonds. The van der Waals surface area contributed by atoms with Gasteiger partial charge in [0.25, 0.3) is 0 Å². The van der Waals surface area contributed by atoms with E-state index in [9.17, 15) is 13.2 Å². The number of ether oxygens (including phenoxy) is 1. The third kappa shape index (κ3) is 5.75. The van der Waals surface area contributed by atoms with E-state index in [1.54, 1.807) is 19.1 Å². The number of sulfonamides is 1. The molecule has 0 aliphatic carbocycles. The Hall–Kier alpha value is -3.57. The van der Waals surface area contributed by atoms with Crippen molar-refractivity contribution in [1.82, 2.24) is 19.3 Å². The summed E-state index contributed by atoms with van der Waals surface area (Å²) in [5.41, 5.74) is 8.32. The Bertz CT molecular complexity index is 1340. The number of hydrogen-bond acceptors (Lipinski definition) is 9. The van der Waals surface area contributed by atoms with Gasteiger partial charge in [0.05, 0.1) is 10.5 Å². The fourth-order valence-corrected chi connectivity index (χ4v) is 5.62. The topological polar surface area (TPSA) is 140 Å². The normalized spacial score (nSPS) is 14.5. The number of para-hydroxylation sites is 1. The summed E-state index contributed by atoms with van der Waals surface area (Å²) in [6.45, 7) is 4.36. The highest BCUT2D eigenvalue weighted by Crippen LogP contribution is 2.25. The molecule has 35 heavy (non-hydrogen) atoms. The first-order chi connectivity index (χ1) is 16.7. The number of nitrogens with two attached hydrogens (primary N) is 1. The summed E-state index contributed by atoms with van der Waals surface area (Å²) in [5.74, 6) is -0.321. The zero-order valence-corrected chi connectivity index (χ0v) is 20.5. The third-order valence-corrected chi connectivity index (χ3v) is 7.82. The molecule has 0 unspecified atom stereocenters. The average Bonchev–Trinajstić information content (AvgIpc) is 2.84. The molecular formula is C24H28N6O4S. The Balaban J connectivity index is 1.48. The number of aryl methyl sites for hydroxylation is 2. The standard InChI is InChI=1S/C24H28N6O4S/c1-16-8-4-5-9-19(16)26-24-28-21(27-23(25)29-24)15-34-22(31)18-11-10-17(2)20(14-18)35(32,33)30-12-6-3-7-13-30/h4-5,8-11,14H,3,6-7,12-13,15H2,1-2H3,(H3,25,26,27,28,29). The molecule has 4 rings (SSSR count). The number of nitrogens with zero attached hydrogens (tertiary/aromatic N) is 4. The lowest BCUT2D eigenvalue weighted by Crippen LogP contribution is -2.36. The van der Waals surface area contributed by atoms with Gasteiger partial charge in [0.1, 0.15) is 0 Å². The highest BCUT2D eigenvalue weighted by molar-refractivity contribution is 7.89. The summed E-state index contributed by atoms with van der Waals surface area (Å²) in [5, 5.41) is 3.08. The van der Waals surface area contributed by atoms with E-state index in [2.05, 4.69) is 20.3 Å². The minimum atomic E-state index is -3.69. The van der Waals surface area contributed by atoms with Crippen molar-refractivity contribution in [3.8, 4) is 0 Å². The van der Waals surface area contributed by atoms with Crippen molar-refractivity contribution >= 4 is 33.6 Å². The molecule has 1 saturated heterocycles. The maximum atomic E-state index is 13.1. The van der Waals surface area contributed by atoms with Crippen LogP contribution in [0.3, 0.4) is 0 Å². The summed E-state index contributed by atoms with van der Waals surface area (Å²) < 4.78 is 33.1. The van der Waals surface area contributed by atoms with Crippen LogP contribution >= 0.6 is 0 Å². The first-order valence-corrected chi connectivity index (χ1v) is 12.8. The molecular weight excluding hydrogens is 468 g/mol. The van der Waals surface area contributed by atoms with Crippen molar-refractivity contribution in [2.45, 2.75) is 44.6 Å². The Morgan fingerprint density at radius 3 is 2.51 bits per heavy atom. The van der Waals surface area contributed by atoms with Crippen LogP contribution in [0.15, 0.2) is 47.4 Å². The number of piperidine rings is 1. The summed E-state index contributed by atoms with van der Waals surface area (Å²) in [6, 6.07) is 12.1. The number of anilines is 3. The van der Waals surface area contributed by atoms with Gasteiger partial charge in [-0.2, -0.15) is 19.3 Å². The van der Waals surface area contributed by atoms with E-state index in [0.717, 1.165) is 30.5 Å². The number of rotatable bonds is 7. The summed E-state index contributed by atoms with van der Waals surface area (Å²) in [6.07, 6.45) is 2.67. The van der Waals surface area contributed by atoms with Crippen LogP contribution in [0.4, 0.5) is 17.6 Å². The van der Waals surface area contributed by atoms with Crippen LogP contribution in [0.1, 0.15) is 46.6 Å². The van der Waals surface area contributed by atoms with Gasteiger partial charge in [-0.05, 0) is 56.0 Å². The number of esters is 1. The van der Waals surface area contributed by atoms with E-state index in [0.29, 0.717) is 18.7 Å². The van der Waals surface area contributed by atoms with Crippen LogP contribution in [0.5, 0.6) is 0 Å². The summed E-state index contributed by atoms with van der Waals surface area (Å²) in [4.78, 5) is 25.2. The SMILES string of the molecule is Cc1ccccc1Nc1nc(N)nc(COC(=O)c2ccc(C)c(S(=O)(=O)N3CCCCC3)c2)n1. The molecule has 0 bridgehead atoms. The Kier molecular flexibility index (Phi) is 7.27. The van der Waals surface area contributed by atoms with Gasteiger partial charge in [-0.15, -0.1) is 0 Å². The molecule has 184 valence electrons. The number of nitrogen functional groups attached to an aromatic ring is 1. The average molecular weight is 497 g/mol. The van der Waals surface area contributed by atoms with Crippen molar-refractivity contribution in [2.75, 3.05) is 24.1 Å². The van der Waals surface area contributed by atoms with Gasteiger partial charge in [-0.3, -0.25) is 0 Å². The smallest absolute Gasteiger partial charge is 0.338 e. The van der Waals surface area contributed by atoms with Crippen molar-refractivity contribution < 1.29 is 17.9 Å². The van der Waals surface area contributed by atoms with Gasteiger partial charge >= 0.3 is 5.97 Å². The van der Waals surface area contributed by atoms with Crippen LogP contribution < -0.4 is 11.1 Å². The van der Waals surface area contributed by atoms with Crippen LogP contribution in [-0.4, -0.2) is 46.7 Å². The molecule has 0 saturated carbocycles. The number of carbonyl (C=O) groups is 1. The van der Waals surface area contributed by atoms with E-state index < -0.39 is 16.0 Å². The quantitative estimate of drug-likeness (QED) is 0.471. The molecule has 0 spiro atoms. The van der Waals surface area contributed by atoms with Gasteiger partial charge in [-0.1, -0.05) is 30.7 Å². The molecule has 3 N–H and O–H groups in total. The van der Waals surface area contributed by atoms with Crippen molar-refractivity contribution in [3.63, 3.8) is 0 Å². The predicted molar refractivity (Wildman–Crippen MR) is 132 cm³/mol. The fourth-order valence-electron chi connectivity index (χ4n) is 3.85. The monoisotopic (exact) mass is 496 g/mol. The van der Waals surface area contributed by atoms with Gasteiger partial charge in [0.2, 0.25) is 21.9 Å². The largest absolute Gasteiger partial charge is 0.454 e. The van der Waals surface area contributed by atoms with Crippen molar-refractivity contribution in [1.29, 1.82) is 0 Å². The number of hydrogen-bond donors (Lipinski definition) is 2. The maximum absolute atomic E-state index is 13.1. The van der Waals surface area contributed by atoms with Gasteiger partial charge in [0, 0.05) is 18.8 Å². The zero-order chi connectivity index (χ0) is 25.0. The number of carbonyl (C=O) groups excluding carboxylic acids is 1. The highest BCUT2D eigenvalue weighted by atomic mass is 32.2. The summed E-state index contributed by atoms with van der Waals surface area (Å²) >= 11 is 0. The van der Waals surface area contributed by atoms with Crippen molar-refractivity contribution in [2.24, 2.45) is 0 Å². The predicted octanol–water partition coefficient (Wildman–Crippen LogP) is 3.35. The summed E-state index contributed by atoms with van der Waals surface area (Å²) in [7, 11) is -3.69. The maximum Gasteiger partial charge on any atom is 0.338 e. The van der Waals surface area contributed by atoms with Crippen LogP contribution in [-0.2, 0) is 21.4 Å². The molecule has 2 heterocycles. The van der Waals surface area contributed by atoms with Crippen LogP contribution in [0.25, 0.3) is 0 Å². The number of aromatic nitrogens is 3. The molecule has 1 aromatic heterocycles. The second kappa shape index (κ2) is 10.4. The van der Waals surface area contributed by atoms with Crippen molar-refractivity contribution in [3.05, 3.63) is 65.0 Å². The lowest BCUT2D eigenvalue weighted by Gasteiger charge is -2.26. The Morgan fingerprint density at radius 1 is 1.03 bits per heavy atom. The molecule has 2 aromatic carbocycles. The van der Waals surface area contributed by atoms with Gasteiger partial charge < -0.3 is 15.8 Å².